The first-order chi connectivity index (χ1) is 17.4. The number of carbonyl (C=O) groups excluding carboxylic acids is 1. The molecule has 1 aromatic heterocycles. The molecular weight excluding hydrogens is 581 g/mol. The molecule has 10 heteroatoms. The summed E-state index contributed by atoms with van der Waals surface area (Å²) in [5.41, 5.74) is 3.96. The van der Waals surface area contributed by atoms with E-state index in [0.29, 0.717) is 43.9 Å². The summed E-state index contributed by atoms with van der Waals surface area (Å²) in [6.07, 6.45) is 0. The molecule has 4 aromatic rings. The zero-order valence-corrected chi connectivity index (χ0v) is 22.9. The average Bonchev–Trinajstić information content (AvgIpc) is 3.27. The van der Waals surface area contributed by atoms with Crippen LogP contribution in [0, 0.1) is 0 Å². The topological polar surface area (TPSA) is 71.8 Å². The molecule has 0 spiro atoms. The van der Waals surface area contributed by atoms with Gasteiger partial charge in [-0.15, -0.1) is 5.10 Å². The molecule has 5 rings (SSSR count). The summed E-state index contributed by atoms with van der Waals surface area (Å²) < 4.78 is 2.73. The zero-order valence-electron chi connectivity index (χ0n) is 19.0. The van der Waals surface area contributed by atoms with Crippen LogP contribution in [-0.4, -0.2) is 20.7 Å². The van der Waals surface area contributed by atoms with E-state index in [1.54, 1.807) is 28.9 Å². The van der Waals surface area contributed by atoms with Crippen molar-refractivity contribution in [1.82, 2.24) is 14.8 Å². The lowest BCUT2D eigenvalue weighted by Crippen LogP contribution is -2.31. The second-order valence-corrected chi connectivity index (χ2v) is 10.9. The van der Waals surface area contributed by atoms with Gasteiger partial charge in [0.25, 0.3) is 5.91 Å². The van der Waals surface area contributed by atoms with E-state index >= 15 is 0 Å². The molecule has 36 heavy (non-hydrogen) atoms. The Kier molecular flexibility index (Phi) is 7.39. The van der Waals surface area contributed by atoms with Crippen LogP contribution in [0.5, 0.6) is 0 Å². The van der Waals surface area contributed by atoms with Gasteiger partial charge in [0.05, 0.1) is 5.57 Å². The molecule has 0 radical (unpaired) electrons. The van der Waals surface area contributed by atoms with Crippen LogP contribution in [0.3, 0.4) is 0 Å². The highest BCUT2D eigenvalue weighted by atomic mass is 79.9. The summed E-state index contributed by atoms with van der Waals surface area (Å²) >= 11 is 17.0. The number of nitrogens with zero attached hydrogens (tertiary/aromatic N) is 3. The van der Waals surface area contributed by atoms with Crippen LogP contribution in [0.15, 0.2) is 93.7 Å². The number of benzene rings is 3. The number of allylic oxidation sites excluding steroid dienone is 1. The Hall–Kier alpha value is -2.78. The minimum atomic E-state index is -0.459. The van der Waals surface area contributed by atoms with Crippen LogP contribution in [0.2, 0.25) is 10.0 Å². The molecule has 1 aliphatic heterocycles. The van der Waals surface area contributed by atoms with Gasteiger partial charge in [-0.2, -0.15) is 4.98 Å². The Balaban J connectivity index is 1.47. The first kappa shape index (κ1) is 24.9. The number of nitrogens with one attached hydrogen (secondary N) is 2. The maximum atomic E-state index is 13.5. The number of anilines is 2. The fraction of sp³-hybridized carbons (Fsp3) is 0.115. The number of hydrogen-bond acceptors (Lipinski definition) is 5. The van der Waals surface area contributed by atoms with Gasteiger partial charge in [-0.3, -0.25) is 4.79 Å². The number of halogens is 3. The van der Waals surface area contributed by atoms with Gasteiger partial charge in [0.2, 0.25) is 11.1 Å². The number of fused-ring (bicyclic) bond motifs is 1. The van der Waals surface area contributed by atoms with Crippen molar-refractivity contribution >= 4 is 68.4 Å². The van der Waals surface area contributed by atoms with Crippen molar-refractivity contribution in [1.29, 1.82) is 0 Å². The minimum Gasteiger partial charge on any atom is -0.328 e. The largest absolute Gasteiger partial charge is 0.328 e. The van der Waals surface area contributed by atoms with E-state index < -0.39 is 6.04 Å². The second kappa shape index (κ2) is 10.7. The first-order valence-electron chi connectivity index (χ1n) is 11.0. The number of aromatic nitrogens is 3. The molecule has 182 valence electrons. The zero-order chi connectivity index (χ0) is 25.2. The lowest BCUT2D eigenvalue weighted by atomic mass is 9.95. The Morgan fingerprint density at radius 2 is 1.67 bits per heavy atom. The molecule has 1 atom stereocenters. The van der Waals surface area contributed by atoms with E-state index in [-0.39, 0.29) is 5.91 Å². The summed E-state index contributed by atoms with van der Waals surface area (Å²) in [5.74, 6) is 1.05. The molecule has 0 aliphatic carbocycles. The second-order valence-electron chi connectivity index (χ2n) is 8.16. The Labute approximate surface area is 231 Å². The van der Waals surface area contributed by atoms with Gasteiger partial charge in [-0.1, -0.05) is 75.2 Å². The molecule has 2 heterocycles. The van der Waals surface area contributed by atoms with Gasteiger partial charge in [-0.25, -0.2) is 4.68 Å². The lowest BCUT2D eigenvalue weighted by molar-refractivity contribution is -0.113. The summed E-state index contributed by atoms with van der Waals surface area (Å²) in [6, 6.07) is 22.1. The third kappa shape index (κ3) is 5.47. The van der Waals surface area contributed by atoms with E-state index in [0.717, 1.165) is 15.6 Å². The average molecular weight is 601 g/mol. The van der Waals surface area contributed by atoms with Crippen LogP contribution in [0.25, 0.3) is 0 Å². The molecule has 1 aliphatic rings. The molecule has 2 N–H and O–H groups in total. The SMILES string of the molecule is CC1=C(C(=O)Nc2ccc(Cl)cc2)[C@H](c2ccc(Br)cc2)n2nc(SCc3ccc(Cl)cc3)nc2N1. The number of carbonyl (C=O) groups is 1. The number of hydrogen-bond donors (Lipinski definition) is 2. The van der Waals surface area contributed by atoms with Gasteiger partial charge in [-0.05, 0) is 66.6 Å². The van der Waals surface area contributed by atoms with Crippen molar-refractivity contribution in [2.24, 2.45) is 0 Å². The normalized spacial score (nSPS) is 14.8. The van der Waals surface area contributed by atoms with E-state index in [1.807, 2.05) is 55.5 Å². The van der Waals surface area contributed by atoms with Crippen LogP contribution in [0.1, 0.15) is 24.1 Å². The molecule has 3 aromatic carbocycles. The lowest BCUT2D eigenvalue weighted by Gasteiger charge is -2.28. The van der Waals surface area contributed by atoms with Crippen LogP contribution in [0.4, 0.5) is 11.6 Å². The van der Waals surface area contributed by atoms with Crippen molar-refractivity contribution in [2.75, 3.05) is 10.6 Å². The number of rotatable bonds is 6. The third-order valence-electron chi connectivity index (χ3n) is 5.65. The van der Waals surface area contributed by atoms with Gasteiger partial charge < -0.3 is 10.6 Å². The fourth-order valence-electron chi connectivity index (χ4n) is 3.90. The van der Waals surface area contributed by atoms with E-state index in [9.17, 15) is 4.79 Å². The van der Waals surface area contributed by atoms with Crippen molar-refractivity contribution in [3.8, 4) is 0 Å². The fourth-order valence-corrected chi connectivity index (χ4v) is 5.20. The smallest absolute Gasteiger partial charge is 0.255 e. The maximum absolute atomic E-state index is 13.5. The number of thioether (sulfide) groups is 1. The third-order valence-corrected chi connectivity index (χ3v) is 7.59. The summed E-state index contributed by atoms with van der Waals surface area (Å²) in [7, 11) is 0. The standard InChI is InChI=1S/C26H20BrCl2N5OS/c1-15-22(24(35)31-21-12-10-20(29)11-13-21)23(17-4-6-18(27)7-5-17)34-25(30-15)32-26(33-34)36-14-16-2-8-19(28)9-3-16/h2-13,23H,14H2,1H3,(H,31,35)(H,30,32,33)/t23-/m0/s1. The minimum absolute atomic E-state index is 0.230. The summed E-state index contributed by atoms with van der Waals surface area (Å²) in [4.78, 5) is 18.2. The first-order valence-corrected chi connectivity index (χ1v) is 13.5. The predicted molar refractivity (Wildman–Crippen MR) is 150 cm³/mol. The van der Waals surface area contributed by atoms with Crippen molar-refractivity contribution in [2.45, 2.75) is 23.9 Å². The monoisotopic (exact) mass is 599 g/mol. The van der Waals surface area contributed by atoms with E-state index in [4.69, 9.17) is 33.3 Å². The molecule has 0 bridgehead atoms. The highest BCUT2D eigenvalue weighted by Gasteiger charge is 2.34. The van der Waals surface area contributed by atoms with Crippen LogP contribution < -0.4 is 10.6 Å². The molecule has 0 saturated carbocycles. The van der Waals surface area contributed by atoms with Crippen molar-refractivity contribution in [3.05, 3.63) is 110 Å². The highest BCUT2D eigenvalue weighted by Crippen LogP contribution is 2.37. The van der Waals surface area contributed by atoms with Gasteiger partial charge in [0.1, 0.15) is 6.04 Å². The van der Waals surface area contributed by atoms with Crippen molar-refractivity contribution in [3.63, 3.8) is 0 Å². The Morgan fingerprint density at radius 1 is 1.03 bits per heavy atom. The molecule has 0 fully saturated rings. The highest BCUT2D eigenvalue weighted by molar-refractivity contribution is 9.10. The van der Waals surface area contributed by atoms with Crippen LogP contribution >= 0.6 is 50.9 Å². The molecule has 1 amide bonds. The van der Waals surface area contributed by atoms with Gasteiger partial charge in [0, 0.05) is 31.7 Å². The quantitative estimate of drug-likeness (QED) is 0.223. The molecule has 0 unspecified atom stereocenters. The van der Waals surface area contributed by atoms with E-state index in [1.165, 1.54) is 11.8 Å². The molecule has 6 nitrogen and oxygen atoms in total. The maximum Gasteiger partial charge on any atom is 0.255 e. The van der Waals surface area contributed by atoms with Gasteiger partial charge >= 0.3 is 0 Å². The number of amides is 1. The Bertz CT molecular complexity index is 1440. The van der Waals surface area contributed by atoms with Crippen LogP contribution in [-0.2, 0) is 10.5 Å². The van der Waals surface area contributed by atoms with E-state index in [2.05, 4.69) is 26.6 Å². The molecule has 0 saturated heterocycles. The van der Waals surface area contributed by atoms with Gasteiger partial charge in [0.15, 0.2) is 0 Å². The summed E-state index contributed by atoms with van der Waals surface area (Å²) in [5, 5.41) is 13.0. The van der Waals surface area contributed by atoms with Crippen molar-refractivity contribution < 1.29 is 4.79 Å². The Morgan fingerprint density at radius 3 is 2.33 bits per heavy atom. The molecular formula is C26H20BrCl2N5OS. The predicted octanol–water partition coefficient (Wildman–Crippen LogP) is 7.57. The summed E-state index contributed by atoms with van der Waals surface area (Å²) in [6.45, 7) is 1.88.